The lowest BCUT2D eigenvalue weighted by Crippen LogP contribution is -2.56. The predicted molar refractivity (Wildman–Crippen MR) is 71.2 cm³/mol. The van der Waals surface area contributed by atoms with E-state index in [4.69, 9.17) is 15.2 Å². The van der Waals surface area contributed by atoms with Crippen molar-refractivity contribution in [1.29, 1.82) is 0 Å². The molecule has 0 saturated heterocycles. The first-order chi connectivity index (χ1) is 8.88. The van der Waals surface area contributed by atoms with Crippen molar-refractivity contribution in [2.45, 2.75) is 44.4 Å². The van der Waals surface area contributed by atoms with Crippen LogP contribution in [0.4, 0.5) is 5.69 Å². The molecule has 0 bridgehead atoms. The maximum atomic E-state index is 12.0. The second kappa shape index (κ2) is 3.87. The molecule has 0 aromatic heterocycles. The Morgan fingerprint density at radius 2 is 1.95 bits per heavy atom. The number of hydrogen-bond donors (Lipinski definition) is 2. The zero-order valence-electron chi connectivity index (χ0n) is 11.2. The van der Waals surface area contributed by atoms with Crippen LogP contribution in [-0.2, 0) is 4.79 Å². The number of nitrogens with one attached hydrogen (secondary N) is 1. The summed E-state index contributed by atoms with van der Waals surface area (Å²) in [6.45, 7) is 3.68. The van der Waals surface area contributed by atoms with E-state index in [-0.39, 0.29) is 5.91 Å². The molecular formula is C14H18N2O3. The van der Waals surface area contributed by atoms with Crippen molar-refractivity contribution in [3.63, 3.8) is 0 Å². The molecule has 19 heavy (non-hydrogen) atoms. The highest BCUT2D eigenvalue weighted by Crippen LogP contribution is 2.41. The fourth-order valence-corrected chi connectivity index (χ4v) is 2.34. The number of nitrogens with two attached hydrogens (primary N) is 1. The number of benzene rings is 1. The maximum Gasteiger partial charge on any atom is 0.246 e. The second-order valence-electron chi connectivity index (χ2n) is 5.73. The van der Waals surface area contributed by atoms with E-state index in [1.165, 1.54) is 0 Å². The van der Waals surface area contributed by atoms with E-state index in [1.807, 2.05) is 13.8 Å². The van der Waals surface area contributed by atoms with E-state index in [0.717, 1.165) is 19.3 Å². The minimum Gasteiger partial charge on any atom is -0.449 e. The Bertz CT molecular complexity index is 535. The normalized spacial score (nSPS) is 21.6. The number of amides is 1. The van der Waals surface area contributed by atoms with Crippen LogP contribution in [0.2, 0.25) is 0 Å². The number of anilines is 1. The third kappa shape index (κ3) is 2.14. The van der Waals surface area contributed by atoms with E-state index >= 15 is 0 Å². The molecule has 5 nitrogen and oxygen atoms in total. The van der Waals surface area contributed by atoms with Crippen molar-refractivity contribution >= 4 is 11.6 Å². The van der Waals surface area contributed by atoms with Gasteiger partial charge in [0.25, 0.3) is 0 Å². The van der Waals surface area contributed by atoms with Crippen LogP contribution >= 0.6 is 0 Å². The summed E-state index contributed by atoms with van der Waals surface area (Å²) >= 11 is 0. The fraction of sp³-hybridized carbons (Fsp3) is 0.500. The highest BCUT2D eigenvalue weighted by atomic mass is 16.7. The van der Waals surface area contributed by atoms with Gasteiger partial charge in [0, 0.05) is 25.6 Å². The zero-order chi connectivity index (χ0) is 13.7. The van der Waals surface area contributed by atoms with Gasteiger partial charge in [0.05, 0.1) is 5.54 Å². The Morgan fingerprint density at radius 3 is 2.58 bits per heavy atom. The Kier molecular flexibility index (Phi) is 2.50. The molecule has 2 aliphatic rings. The van der Waals surface area contributed by atoms with Gasteiger partial charge in [-0.15, -0.1) is 0 Å². The average Bonchev–Trinajstić information content (AvgIpc) is 2.59. The van der Waals surface area contributed by atoms with Gasteiger partial charge in [-0.2, -0.15) is 0 Å². The number of carbonyl (C=O) groups is 1. The summed E-state index contributed by atoms with van der Waals surface area (Å²) in [7, 11) is 0. The number of ether oxygens (including phenoxy) is 2. The van der Waals surface area contributed by atoms with Crippen molar-refractivity contribution in [2.75, 3.05) is 5.32 Å². The quantitative estimate of drug-likeness (QED) is 0.855. The Labute approximate surface area is 112 Å². The van der Waals surface area contributed by atoms with Gasteiger partial charge in [-0.05, 0) is 31.4 Å². The molecule has 0 unspecified atom stereocenters. The van der Waals surface area contributed by atoms with Crippen LogP contribution in [0.1, 0.15) is 33.1 Å². The predicted octanol–water partition coefficient (Wildman–Crippen LogP) is 2.01. The molecule has 0 radical (unpaired) electrons. The SMILES string of the molecule is CC1(C)Oc2ccc(NC(=O)C3(N)CCC3)cc2O1. The molecule has 3 N–H and O–H groups in total. The standard InChI is InChI=1S/C14H18N2O3/c1-13(2)18-10-5-4-9(8-11(10)19-13)16-12(17)14(15)6-3-7-14/h4-5,8H,3,6-7,15H2,1-2H3,(H,16,17). The first-order valence-corrected chi connectivity index (χ1v) is 6.50. The highest BCUT2D eigenvalue weighted by Gasteiger charge is 2.40. The van der Waals surface area contributed by atoms with E-state index in [9.17, 15) is 4.79 Å². The van der Waals surface area contributed by atoms with Crippen LogP contribution in [0, 0.1) is 0 Å². The number of carbonyl (C=O) groups excluding carboxylic acids is 1. The molecule has 0 spiro atoms. The molecule has 1 amide bonds. The zero-order valence-corrected chi connectivity index (χ0v) is 11.2. The second-order valence-corrected chi connectivity index (χ2v) is 5.73. The minimum absolute atomic E-state index is 0.128. The lowest BCUT2D eigenvalue weighted by Gasteiger charge is -2.36. The van der Waals surface area contributed by atoms with Gasteiger partial charge in [0.1, 0.15) is 0 Å². The van der Waals surface area contributed by atoms with E-state index in [2.05, 4.69) is 5.32 Å². The molecule has 1 aliphatic carbocycles. The van der Waals surface area contributed by atoms with Gasteiger partial charge in [-0.3, -0.25) is 4.79 Å². The largest absolute Gasteiger partial charge is 0.449 e. The molecule has 1 aromatic carbocycles. The first-order valence-electron chi connectivity index (χ1n) is 6.50. The summed E-state index contributed by atoms with van der Waals surface area (Å²) in [5.74, 6) is 0.544. The minimum atomic E-state index is -0.699. The van der Waals surface area contributed by atoms with Crippen LogP contribution in [0.5, 0.6) is 11.5 Å². The lowest BCUT2D eigenvalue weighted by molar-refractivity contribution is -0.123. The Balaban J connectivity index is 1.76. The summed E-state index contributed by atoms with van der Waals surface area (Å²) in [4.78, 5) is 12.0. The molecule has 1 fully saturated rings. The van der Waals surface area contributed by atoms with E-state index < -0.39 is 11.3 Å². The fourth-order valence-electron chi connectivity index (χ4n) is 2.34. The summed E-state index contributed by atoms with van der Waals surface area (Å²) in [6, 6.07) is 5.36. The molecule has 5 heteroatoms. The summed E-state index contributed by atoms with van der Waals surface area (Å²) in [6.07, 6.45) is 2.51. The molecule has 1 saturated carbocycles. The van der Waals surface area contributed by atoms with Gasteiger partial charge < -0.3 is 20.5 Å². The van der Waals surface area contributed by atoms with Gasteiger partial charge >= 0.3 is 0 Å². The molecule has 1 aromatic rings. The monoisotopic (exact) mass is 262 g/mol. The smallest absolute Gasteiger partial charge is 0.246 e. The Hall–Kier alpha value is -1.75. The van der Waals surface area contributed by atoms with Crippen LogP contribution < -0.4 is 20.5 Å². The summed E-state index contributed by atoms with van der Waals surface area (Å²) in [5, 5.41) is 2.84. The maximum absolute atomic E-state index is 12.0. The Morgan fingerprint density at radius 1 is 1.26 bits per heavy atom. The molecular weight excluding hydrogens is 244 g/mol. The highest BCUT2D eigenvalue weighted by molar-refractivity contribution is 5.98. The van der Waals surface area contributed by atoms with Crippen LogP contribution in [0.25, 0.3) is 0 Å². The number of hydrogen-bond acceptors (Lipinski definition) is 4. The molecule has 102 valence electrons. The summed E-state index contributed by atoms with van der Waals surface area (Å²) in [5.41, 5.74) is 5.97. The van der Waals surface area contributed by atoms with Crippen LogP contribution in [0.3, 0.4) is 0 Å². The van der Waals surface area contributed by atoms with Crippen molar-refractivity contribution in [3.05, 3.63) is 18.2 Å². The van der Waals surface area contributed by atoms with E-state index in [0.29, 0.717) is 17.2 Å². The average molecular weight is 262 g/mol. The van der Waals surface area contributed by atoms with E-state index in [1.54, 1.807) is 18.2 Å². The third-order valence-electron chi connectivity index (χ3n) is 3.61. The van der Waals surface area contributed by atoms with Crippen molar-refractivity contribution in [1.82, 2.24) is 0 Å². The number of fused-ring (bicyclic) bond motifs is 1. The topological polar surface area (TPSA) is 73.6 Å². The van der Waals surface area contributed by atoms with Gasteiger partial charge in [-0.25, -0.2) is 0 Å². The third-order valence-corrected chi connectivity index (χ3v) is 3.61. The number of rotatable bonds is 2. The first kappa shape index (κ1) is 12.3. The van der Waals surface area contributed by atoms with Crippen molar-refractivity contribution in [3.8, 4) is 11.5 Å². The summed E-state index contributed by atoms with van der Waals surface area (Å²) < 4.78 is 11.2. The molecule has 1 heterocycles. The molecule has 3 rings (SSSR count). The molecule has 1 aliphatic heterocycles. The van der Waals surface area contributed by atoms with Crippen LogP contribution in [0.15, 0.2) is 18.2 Å². The van der Waals surface area contributed by atoms with Gasteiger partial charge in [-0.1, -0.05) is 0 Å². The molecule has 0 atom stereocenters. The van der Waals surface area contributed by atoms with Gasteiger partial charge in [0.2, 0.25) is 11.7 Å². The van der Waals surface area contributed by atoms with Crippen molar-refractivity contribution in [2.24, 2.45) is 5.73 Å². The van der Waals surface area contributed by atoms with Crippen LogP contribution in [-0.4, -0.2) is 17.2 Å². The lowest BCUT2D eigenvalue weighted by atomic mass is 9.77. The van der Waals surface area contributed by atoms with Crippen molar-refractivity contribution < 1.29 is 14.3 Å². The van der Waals surface area contributed by atoms with Gasteiger partial charge in [0.15, 0.2) is 11.5 Å².